The summed E-state index contributed by atoms with van der Waals surface area (Å²) in [6.07, 6.45) is 1.78. The highest BCUT2D eigenvalue weighted by Gasteiger charge is 2.28. The summed E-state index contributed by atoms with van der Waals surface area (Å²) in [5.41, 5.74) is 8.28. The van der Waals surface area contributed by atoms with Crippen LogP contribution in [0.2, 0.25) is 0 Å². The number of nitrogens with zero attached hydrogens (tertiary/aromatic N) is 4. The molecule has 0 saturated carbocycles. The van der Waals surface area contributed by atoms with E-state index >= 15 is 0 Å². The molecule has 1 atom stereocenters. The Hall–Kier alpha value is -0.790. The van der Waals surface area contributed by atoms with Gasteiger partial charge in [-0.1, -0.05) is 25.3 Å². The first-order valence-electron chi connectivity index (χ1n) is 6.15. The van der Waals surface area contributed by atoms with Gasteiger partial charge in [0.2, 0.25) is 0 Å². The summed E-state index contributed by atoms with van der Waals surface area (Å²) in [5, 5.41) is 8.56. The minimum atomic E-state index is -0.258. The minimum Gasteiger partial charge on any atom is -0.318 e. The van der Waals surface area contributed by atoms with Gasteiger partial charge in [0.05, 0.1) is 33.0 Å². The summed E-state index contributed by atoms with van der Waals surface area (Å²) in [6.45, 7) is 9.18. The van der Waals surface area contributed by atoms with Crippen LogP contribution in [0.3, 0.4) is 0 Å². The number of nitrogens with two attached hydrogens (primary N) is 1. The van der Waals surface area contributed by atoms with Crippen molar-refractivity contribution in [2.24, 2.45) is 5.73 Å². The van der Waals surface area contributed by atoms with Crippen LogP contribution in [0.15, 0.2) is 10.7 Å². The lowest BCUT2D eigenvalue weighted by Gasteiger charge is -2.20. The highest BCUT2D eigenvalue weighted by atomic mass is 79.9. The highest BCUT2D eigenvalue weighted by molar-refractivity contribution is 9.10. The van der Waals surface area contributed by atoms with E-state index in [1.165, 1.54) is 11.5 Å². The molecule has 19 heavy (non-hydrogen) atoms. The van der Waals surface area contributed by atoms with Crippen LogP contribution in [0, 0.1) is 0 Å². The molecule has 2 N–H and O–H groups in total. The maximum absolute atomic E-state index is 6.42. The van der Waals surface area contributed by atoms with E-state index in [1.54, 1.807) is 6.20 Å². The molecule has 2 heterocycles. The van der Waals surface area contributed by atoms with Crippen molar-refractivity contribution in [3.8, 4) is 0 Å². The molecule has 0 bridgehead atoms. The van der Waals surface area contributed by atoms with Crippen LogP contribution in [0.25, 0.3) is 0 Å². The fourth-order valence-corrected chi connectivity index (χ4v) is 3.39. The monoisotopic (exact) mass is 343 g/mol. The van der Waals surface area contributed by atoms with Crippen molar-refractivity contribution in [2.45, 2.75) is 45.7 Å². The first kappa shape index (κ1) is 14.6. The number of halogens is 1. The second-order valence-corrected chi connectivity index (χ2v) is 7.05. The summed E-state index contributed by atoms with van der Waals surface area (Å²) in [4.78, 5) is 1.00. The molecule has 0 fully saturated rings. The van der Waals surface area contributed by atoms with E-state index in [2.05, 4.69) is 51.4 Å². The first-order valence-corrected chi connectivity index (χ1v) is 7.72. The Morgan fingerprint density at radius 1 is 1.47 bits per heavy atom. The third-order valence-electron chi connectivity index (χ3n) is 2.93. The number of aryl methyl sites for hydroxylation is 1. The predicted octanol–water partition coefficient (Wildman–Crippen LogP) is 2.86. The quantitative estimate of drug-likeness (QED) is 0.930. The topological polar surface area (TPSA) is 69.6 Å². The SMILES string of the molecule is CCn1ncc(Br)c1C(N)c1snnc1C(C)(C)C. The van der Waals surface area contributed by atoms with Gasteiger partial charge >= 0.3 is 0 Å². The lowest BCUT2D eigenvalue weighted by molar-refractivity contribution is 0.548. The molecule has 2 aromatic rings. The Morgan fingerprint density at radius 3 is 2.74 bits per heavy atom. The van der Waals surface area contributed by atoms with Crippen LogP contribution in [0.4, 0.5) is 0 Å². The van der Waals surface area contributed by atoms with Crippen LogP contribution < -0.4 is 5.73 Å². The van der Waals surface area contributed by atoms with E-state index < -0.39 is 0 Å². The number of rotatable bonds is 3. The molecular weight excluding hydrogens is 326 g/mol. The van der Waals surface area contributed by atoms with Gasteiger partial charge < -0.3 is 5.73 Å². The van der Waals surface area contributed by atoms with Crippen LogP contribution in [0.5, 0.6) is 0 Å². The lowest BCUT2D eigenvalue weighted by Crippen LogP contribution is -2.22. The average molecular weight is 344 g/mol. The molecule has 0 aliphatic heterocycles. The molecule has 0 radical (unpaired) electrons. The molecule has 0 aromatic carbocycles. The third kappa shape index (κ3) is 2.73. The summed E-state index contributed by atoms with van der Waals surface area (Å²) in [5.74, 6) is 0. The maximum atomic E-state index is 6.42. The van der Waals surface area contributed by atoms with Crippen LogP contribution in [-0.2, 0) is 12.0 Å². The van der Waals surface area contributed by atoms with E-state index in [0.29, 0.717) is 0 Å². The standard InChI is InChI=1S/C12H18BrN5S/c1-5-18-9(7(13)6-15-18)8(14)10-11(12(2,3)4)16-17-19-10/h6,8H,5,14H2,1-4H3. The van der Waals surface area contributed by atoms with Gasteiger partial charge in [-0.3, -0.25) is 4.68 Å². The Balaban J connectivity index is 2.48. The predicted molar refractivity (Wildman–Crippen MR) is 80.2 cm³/mol. The second kappa shape index (κ2) is 5.30. The zero-order chi connectivity index (χ0) is 14.2. The van der Waals surface area contributed by atoms with Crippen molar-refractivity contribution in [3.05, 3.63) is 26.9 Å². The van der Waals surface area contributed by atoms with Crippen molar-refractivity contribution in [2.75, 3.05) is 0 Å². The second-order valence-electron chi connectivity index (χ2n) is 5.41. The van der Waals surface area contributed by atoms with Gasteiger partial charge in [-0.25, -0.2) is 0 Å². The molecule has 0 aliphatic rings. The van der Waals surface area contributed by atoms with Gasteiger partial charge in [-0.05, 0) is 34.4 Å². The summed E-state index contributed by atoms with van der Waals surface area (Å²) in [6, 6.07) is -0.258. The van der Waals surface area contributed by atoms with Crippen LogP contribution in [0.1, 0.15) is 50.0 Å². The van der Waals surface area contributed by atoms with Gasteiger partial charge in [-0.15, -0.1) is 5.10 Å². The summed E-state index contributed by atoms with van der Waals surface area (Å²) in [7, 11) is 0. The molecule has 1 unspecified atom stereocenters. The number of aromatic nitrogens is 4. The van der Waals surface area contributed by atoms with E-state index in [9.17, 15) is 0 Å². The van der Waals surface area contributed by atoms with Crippen molar-refractivity contribution in [1.29, 1.82) is 0 Å². The number of hydrogen-bond donors (Lipinski definition) is 1. The van der Waals surface area contributed by atoms with E-state index in [4.69, 9.17) is 5.73 Å². The molecule has 2 aromatic heterocycles. The number of hydrogen-bond acceptors (Lipinski definition) is 5. The smallest absolute Gasteiger partial charge is 0.0864 e. The Kier molecular flexibility index (Phi) is 4.08. The fraction of sp³-hybridized carbons (Fsp3) is 0.583. The van der Waals surface area contributed by atoms with Gasteiger partial charge in [0.1, 0.15) is 0 Å². The molecule has 5 nitrogen and oxygen atoms in total. The van der Waals surface area contributed by atoms with E-state index in [-0.39, 0.29) is 11.5 Å². The minimum absolute atomic E-state index is 0.0660. The summed E-state index contributed by atoms with van der Waals surface area (Å²) < 4.78 is 6.90. The molecule has 104 valence electrons. The molecule has 0 spiro atoms. The molecule has 0 aliphatic carbocycles. The van der Waals surface area contributed by atoms with Crippen LogP contribution in [-0.4, -0.2) is 19.4 Å². The molecule has 0 saturated heterocycles. The average Bonchev–Trinajstić information content (AvgIpc) is 2.93. The van der Waals surface area contributed by atoms with Gasteiger partial charge in [0, 0.05) is 12.0 Å². The first-order chi connectivity index (χ1) is 8.86. The Morgan fingerprint density at radius 2 is 2.16 bits per heavy atom. The van der Waals surface area contributed by atoms with Crippen molar-refractivity contribution < 1.29 is 0 Å². The Bertz CT molecular complexity index is 569. The van der Waals surface area contributed by atoms with Crippen LogP contribution >= 0.6 is 27.5 Å². The van der Waals surface area contributed by atoms with Gasteiger partial charge in [0.25, 0.3) is 0 Å². The Labute approximate surface area is 125 Å². The van der Waals surface area contributed by atoms with E-state index in [1.807, 2.05) is 11.6 Å². The molecule has 7 heteroatoms. The lowest BCUT2D eigenvalue weighted by atomic mass is 9.89. The normalized spacial score (nSPS) is 13.8. The van der Waals surface area contributed by atoms with Crippen molar-refractivity contribution in [3.63, 3.8) is 0 Å². The van der Waals surface area contributed by atoms with Crippen molar-refractivity contribution in [1.82, 2.24) is 19.4 Å². The van der Waals surface area contributed by atoms with E-state index in [0.717, 1.165) is 27.3 Å². The molecular formula is C12H18BrN5S. The zero-order valence-electron chi connectivity index (χ0n) is 11.5. The van der Waals surface area contributed by atoms with Gasteiger partial charge in [0.15, 0.2) is 0 Å². The zero-order valence-corrected chi connectivity index (χ0v) is 13.9. The highest BCUT2D eigenvalue weighted by Crippen LogP contribution is 2.34. The maximum Gasteiger partial charge on any atom is 0.0864 e. The third-order valence-corrected chi connectivity index (χ3v) is 4.35. The summed E-state index contributed by atoms with van der Waals surface area (Å²) >= 11 is 4.88. The molecule has 2 rings (SSSR count). The van der Waals surface area contributed by atoms with Crippen molar-refractivity contribution >= 4 is 27.5 Å². The van der Waals surface area contributed by atoms with Gasteiger partial charge in [-0.2, -0.15) is 5.10 Å². The fourth-order valence-electron chi connectivity index (χ4n) is 1.98. The largest absolute Gasteiger partial charge is 0.318 e. The molecule has 0 amide bonds.